The van der Waals surface area contributed by atoms with Crippen LogP contribution in [0.2, 0.25) is 0 Å². The summed E-state index contributed by atoms with van der Waals surface area (Å²) in [5, 5.41) is 2.87. The van der Waals surface area contributed by atoms with E-state index in [1.807, 2.05) is 54.2 Å². The standard InChI is InChI=1S/C16H18N2O2.BrH/c1-13-6-9-18(10-7-13)11-8-16(19)17-14-4-3-5-15(12-14)20-2;/h3-7,9-10,12H,8,11H2,1-2H3;1H. The van der Waals surface area contributed by atoms with Crippen molar-refractivity contribution in [3.8, 4) is 5.75 Å². The van der Waals surface area contributed by atoms with Gasteiger partial charge in [-0.1, -0.05) is 6.07 Å². The predicted molar refractivity (Wildman–Crippen MR) is 77.6 cm³/mol. The first-order valence-electron chi connectivity index (χ1n) is 6.57. The minimum absolute atomic E-state index is 0. The van der Waals surface area contributed by atoms with Crippen LogP contribution >= 0.6 is 0 Å². The van der Waals surface area contributed by atoms with Crippen molar-refractivity contribution in [2.75, 3.05) is 12.4 Å². The molecule has 1 amide bonds. The van der Waals surface area contributed by atoms with E-state index in [0.717, 1.165) is 11.4 Å². The molecule has 0 bridgehead atoms. The van der Waals surface area contributed by atoms with Crippen molar-refractivity contribution >= 4 is 11.6 Å². The summed E-state index contributed by atoms with van der Waals surface area (Å²) in [7, 11) is 1.61. The van der Waals surface area contributed by atoms with Gasteiger partial charge in [0.1, 0.15) is 5.75 Å². The van der Waals surface area contributed by atoms with Crippen LogP contribution in [0.4, 0.5) is 5.69 Å². The molecule has 0 spiro atoms. The van der Waals surface area contributed by atoms with E-state index in [1.165, 1.54) is 5.56 Å². The molecular weight excluding hydrogens is 332 g/mol. The molecule has 0 aliphatic rings. The fraction of sp³-hybridized carbons (Fsp3) is 0.250. The minimum atomic E-state index is -0.00803. The summed E-state index contributed by atoms with van der Waals surface area (Å²) in [5.74, 6) is 0.724. The van der Waals surface area contributed by atoms with Crippen molar-refractivity contribution in [1.82, 2.24) is 0 Å². The molecule has 0 aliphatic heterocycles. The van der Waals surface area contributed by atoms with Crippen LogP contribution < -0.4 is 31.6 Å². The number of hydrogen-bond donors (Lipinski definition) is 1. The summed E-state index contributed by atoms with van der Waals surface area (Å²) >= 11 is 0. The van der Waals surface area contributed by atoms with Gasteiger partial charge in [-0.2, -0.15) is 0 Å². The number of carbonyl (C=O) groups excluding carboxylic acids is 1. The topological polar surface area (TPSA) is 42.2 Å². The molecule has 0 saturated carbocycles. The Morgan fingerprint density at radius 2 is 1.95 bits per heavy atom. The van der Waals surface area contributed by atoms with Gasteiger partial charge in [0.15, 0.2) is 18.9 Å². The number of nitrogens with zero attached hydrogens (tertiary/aromatic N) is 1. The molecular formula is C16H19BrN2O2. The lowest BCUT2D eigenvalue weighted by Gasteiger charge is -2.06. The van der Waals surface area contributed by atoms with Crippen LogP contribution in [0.5, 0.6) is 5.75 Å². The number of benzene rings is 1. The second-order valence-corrected chi connectivity index (χ2v) is 4.64. The Morgan fingerprint density at radius 3 is 2.62 bits per heavy atom. The fourth-order valence-corrected chi connectivity index (χ4v) is 1.84. The number of amides is 1. The van der Waals surface area contributed by atoms with E-state index in [-0.39, 0.29) is 22.9 Å². The molecule has 0 unspecified atom stereocenters. The molecule has 1 aromatic carbocycles. The second kappa shape index (κ2) is 8.42. The van der Waals surface area contributed by atoms with Crippen LogP contribution in [0.15, 0.2) is 48.8 Å². The molecule has 0 saturated heterocycles. The predicted octanol–water partition coefficient (Wildman–Crippen LogP) is -0.676. The van der Waals surface area contributed by atoms with Crippen molar-refractivity contribution in [3.05, 3.63) is 54.4 Å². The van der Waals surface area contributed by atoms with Crippen molar-refractivity contribution in [3.63, 3.8) is 0 Å². The monoisotopic (exact) mass is 350 g/mol. The molecule has 21 heavy (non-hydrogen) atoms. The van der Waals surface area contributed by atoms with E-state index in [2.05, 4.69) is 5.32 Å². The average Bonchev–Trinajstić information content (AvgIpc) is 2.47. The molecule has 5 heteroatoms. The summed E-state index contributed by atoms with van der Waals surface area (Å²) in [6.45, 7) is 2.70. The van der Waals surface area contributed by atoms with E-state index < -0.39 is 0 Å². The average molecular weight is 351 g/mol. The van der Waals surface area contributed by atoms with E-state index in [9.17, 15) is 4.79 Å². The van der Waals surface area contributed by atoms with E-state index in [4.69, 9.17) is 4.74 Å². The maximum Gasteiger partial charge on any atom is 0.230 e. The summed E-state index contributed by atoms with van der Waals surface area (Å²) < 4.78 is 7.12. The smallest absolute Gasteiger partial charge is 0.230 e. The van der Waals surface area contributed by atoms with Gasteiger partial charge in [0.05, 0.1) is 13.5 Å². The summed E-state index contributed by atoms with van der Waals surface area (Å²) in [6.07, 6.45) is 4.40. The van der Waals surface area contributed by atoms with Gasteiger partial charge in [-0.15, -0.1) is 0 Å². The highest BCUT2D eigenvalue weighted by atomic mass is 79.9. The highest BCUT2D eigenvalue weighted by Crippen LogP contribution is 2.16. The van der Waals surface area contributed by atoms with Crippen LogP contribution in [0.25, 0.3) is 0 Å². The number of nitrogens with one attached hydrogen (secondary N) is 1. The molecule has 0 atom stereocenters. The lowest BCUT2D eigenvalue weighted by Crippen LogP contribution is -3.00. The number of aryl methyl sites for hydroxylation is 2. The first kappa shape index (κ1) is 17.2. The zero-order chi connectivity index (χ0) is 14.4. The van der Waals surface area contributed by atoms with Gasteiger partial charge in [0, 0.05) is 23.9 Å². The van der Waals surface area contributed by atoms with E-state index in [1.54, 1.807) is 13.2 Å². The molecule has 1 heterocycles. The normalized spacial score (nSPS) is 9.62. The molecule has 1 aromatic heterocycles. The van der Waals surface area contributed by atoms with Crippen LogP contribution in [-0.2, 0) is 11.3 Å². The van der Waals surface area contributed by atoms with E-state index >= 15 is 0 Å². The highest BCUT2D eigenvalue weighted by Gasteiger charge is 2.07. The Balaban J connectivity index is 0.00000220. The number of aromatic nitrogens is 1. The molecule has 0 aliphatic carbocycles. The van der Waals surface area contributed by atoms with Gasteiger partial charge in [-0.3, -0.25) is 4.79 Å². The lowest BCUT2D eigenvalue weighted by atomic mass is 10.2. The number of rotatable bonds is 5. The van der Waals surface area contributed by atoms with Gasteiger partial charge in [-0.05, 0) is 24.6 Å². The minimum Gasteiger partial charge on any atom is -1.00 e. The first-order valence-corrected chi connectivity index (χ1v) is 6.57. The lowest BCUT2D eigenvalue weighted by molar-refractivity contribution is -0.695. The maximum absolute atomic E-state index is 11.9. The van der Waals surface area contributed by atoms with Crippen molar-refractivity contribution in [1.29, 1.82) is 0 Å². The Labute approximate surface area is 135 Å². The fourth-order valence-electron chi connectivity index (χ4n) is 1.84. The third kappa shape index (κ3) is 5.55. The zero-order valence-corrected chi connectivity index (χ0v) is 13.8. The Bertz CT molecular complexity index is 585. The number of ether oxygens (including phenoxy) is 1. The molecule has 112 valence electrons. The van der Waals surface area contributed by atoms with Crippen LogP contribution in [-0.4, -0.2) is 13.0 Å². The Hall–Kier alpha value is -1.88. The van der Waals surface area contributed by atoms with Crippen molar-refractivity contribution in [2.24, 2.45) is 0 Å². The molecule has 0 fully saturated rings. The third-order valence-electron chi connectivity index (χ3n) is 3.01. The second-order valence-electron chi connectivity index (χ2n) is 4.64. The largest absolute Gasteiger partial charge is 1.00 e. The number of carbonyl (C=O) groups is 1. The molecule has 2 rings (SSSR count). The summed E-state index contributed by atoms with van der Waals surface area (Å²) in [6, 6.07) is 11.4. The third-order valence-corrected chi connectivity index (χ3v) is 3.01. The van der Waals surface area contributed by atoms with Gasteiger partial charge in [-0.25, -0.2) is 4.57 Å². The van der Waals surface area contributed by atoms with Crippen molar-refractivity contribution in [2.45, 2.75) is 19.9 Å². The SMILES string of the molecule is COc1cccc(NC(=O)CC[n+]2ccc(C)cc2)c1.[Br-]. The van der Waals surface area contributed by atoms with E-state index in [0.29, 0.717) is 13.0 Å². The van der Waals surface area contributed by atoms with Crippen LogP contribution in [0, 0.1) is 6.92 Å². The number of pyridine rings is 1. The van der Waals surface area contributed by atoms with Crippen LogP contribution in [0.3, 0.4) is 0 Å². The van der Waals surface area contributed by atoms with Gasteiger partial charge in [0.2, 0.25) is 5.91 Å². The zero-order valence-electron chi connectivity index (χ0n) is 12.2. The first-order chi connectivity index (χ1) is 9.67. The number of hydrogen-bond acceptors (Lipinski definition) is 2. The molecule has 2 aromatic rings. The number of anilines is 1. The summed E-state index contributed by atoms with van der Waals surface area (Å²) in [5.41, 5.74) is 1.96. The number of halogens is 1. The van der Waals surface area contributed by atoms with Crippen LogP contribution in [0.1, 0.15) is 12.0 Å². The van der Waals surface area contributed by atoms with Gasteiger partial charge >= 0.3 is 0 Å². The summed E-state index contributed by atoms with van der Waals surface area (Å²) in [4.78, 5) is 11.9. The van der Waals surface area contributed by atoms with Gasteiger partial charge in [0.25, 0.3) is 0 Å². The van der Waals surface area contributed by atoms with Gasteiger partial charge < -0.3 is 27.0 Å². The Morgan fingerprint density at radius 1 is 1.24 bits per heavy atom. The quantitative estimate of drug-likeness (QED) is 0.726. The maximum atomic E-state index is 11.9. The number of methoxy groups -OCH3 is 1. The highest BCUT2D eigenvalue weighted by molar-refractivity contribution is 5.90. The van der Waals surface area contributed by atoms with Crippen molar-refractivity contribution < 1.29 is 31.1 Å². The molecule has 4 nitrogen and oxygen atoms in total. The molecule has 0 radical (unpaired) electrons. The molecule has 1 N–H and O–H groups in total. The Kier molecular flexibility index (Phi) is 6.88.